The fourth-order valence-electron chi connectivity index (χ4n) is 2.25. The Bertz CT molecular complexity index is 478. The third-order valence-corrected chi connectivity index (χ3v) is 3.45. The van der Waals surface area contributed by atoms with Crippen LogP contribution in [0.25, 0.3) is 0 Å². The quantitative estimate of drug-likeness (QED) is 0.831. The second kappa shape index (κ2) is 6.95. The molecule has 0 bridgehead atoms. The summed E-state index contributed by atoms with van der Waals surface area (Å²) in [6, 6.07) is 18.5. The van der Waals surface area contributed by atoms with E-state index in [1.165, 1.54) is 11.1 Å². The molecule has 1 atom stereocenters. The third-order valence-electron chi connectivity index (χ3n) is 3.45. The van der Waals surface area contributed by atoms with Crippen LogP contribution in [-0.4, -0.2) is 18.2 Å². The van der Waals surface area contributed by atoms with Crippen LogP contribution < -0.4 is 5.32 Å². The van der Waals surface area contributed by atoms with Gasteiger partial charge in [0.2, 0.25) is 0 Å². The van der Waals surface area contributed by atoms with Gasteiger partial charge in [0.05, 0.1) is 0 Å². The zero-order valence-electron chi connectivity index (χ0n) is 11.3. The largest absolute Gasteiger partial charge is 0.508 e. The van der Waals surface area contributed by atoms with E-state index in [1.807, 2.05) is 19.2 Å². The summed E-state index contributed by atoms with van der Waals surface area (Å²) in [6.45, 7) is 0. The molecule has 100 valence electrons. The van der Waals surface area contributed by atoms with Gasteiger partial charge in [-0.2, -0.15) is 0 Å². The van der Waals surface area contributed by atoms with Crippen molar-refractivity contribution >= 4 is 0 Å². The average Bonchev–Trinajstić information content (AvgIpc) is 2.46. The van der Waals surface area contributed by atoms with Gasteiger partial charge in [-0.1, -0.05) is 42.5 Å². The predicted octanol–water partition coefficient (Wildman–Crippen LogP) is 3.16. The van der Waals surface area contributed by atoms with E-state index < -0.39 is 0 Å². The molecule has 2 N–H and O–H groups in total. The second-order valence-electron chi connectivity index (χ2n) is 4.88. The van der Waals surface area contributed by atoms with Crippen molar-refractivity contribution in [2.45, 2.75) is 25.3 Å². The summed E-state index contributed by atoms with van der Waals surface area (Å²) in [5.41, 5.74) is 2.64. The van der Waals surface area contributed by atoms with E-state index in [0.29, 0.717) is 11.8 Å². The molecule has 2 heteroatoms. The summed E-state index contributed by atoms with van der Waals surface area (Å²) in [6.07, 6.45) is 3.19. The smallest absolute Gasteiger partial charge is 0.115 e. The average molecular weight is 255 g/mol. The Morgan fingerprint density at radius 1 is 0.947 bits per heavy atom. The fraction of sp³-hybridized carbons (Fsp3) is 0.294. The number of nitrogens with one attached hydrogen (secondary N) is 1. The van der Waals surface area contributed by atoms with Gasteiger partial charge >= 0.3 is 0 Å². The van der Waals surface area contributed by atoms with Crippen LogP contribution in [0, 0.1) is 0 Å². The molecule has 2 aromatic rings. The van der Waals surface area contributed by atoms with Crippen molar-refractivity contribution in [3.05, 3.63) is 65.7 Å². The standard InChI is InChI=1S/C17H21NO/c1-18-16(10-7-14-5-3-2-4-6-14)13-15-8-11-17(19)12-9-15/h2-6,8-9,11-12,16,18-19H,7,10,13H2,1H3. The topological polar surface area (TPSA) is 32.3 Å². The minimum absolute atomic E-state index is 0.328. The number of benzene rings is 2. The highest BCUT2D eigenvalue weighted by atomic mass is 16.3. The molecular formula is C17H21NO. The lowest BCUT2D eigenvalue weighted by Gasteiger charge is -2.16. The lowest BCUT2D eigenvalue weighted by Crippen LogP contribution is -2.28. The van der Waals surface area contributed by atoms with E-state index >= 15 is 0 Å². The molecule has 0 aliphatic rings. The molecule has 0 amide bonds. The van der Waals surface area contributed by atoms with E-state index in [-0.39, 0.29) is 0 Å². The van der Waals surface area contributed by atoms with Crippen molar-refractivity contribution in [1.29, 1.82) is 0 Å². The molecule has 2 nitrogen and oxygen atoms in total. The Balaban J connectivity index is 1.88. The molecule has 2 aromatic carbocycles. The Labute approximate surface area is 115 Å². The van der Waals surface area contributed by atoms with E-state index in [0.717, 1.165) is 19.3 Å². The first kappa shape index (κ1) is 13.6. The summed E-state index contributed by atoms with van der Waals surface area (Å²) in [4.78, 5) is 0. The lowest BCUT2D eigenvalue weighted by molar-refractivity contribution is 0.474. The van der Waals surface area contributed by atoms with Crippen LogP contribution in [-0.2, 0) is 12.8 Å². The molecule has 0 spiro atoms. The number of phenols is 1. The number of hydrogen-bond donors (Lipinski definition) is 2. The van der Waals surface area contributed by atoms with E-state index in [2.05, 4.69) is 35.6 Å². The molecule has 19 heavy (non-hydrogen) atoms. The third kappa shape index (κ3) is 4.42. The minimum Gasteiger partial charge on any atom is -0.508 e. The number of aromatic hydroxyl groups is 1. The molecule has 0 aromatic heterocycles. The zero-order valence-corrected chi connectivity index (χ0v) is 11.3. The summed E-state index contributed by atoms with van der Waals surface area (Å²) in [5, 5.41) is 12.7. The van der Waals surface area contributed by atoms with Crippen molar-refractivity contribution in [3.8, 4) is 5.75 Å². The molecule has 2 rings (SSSR count). The van der Waals surface area contributed by atoms with Crippen LogP contribution in [0.5, 0.6) is 5.75 Å². The van der Waals surface area contributed by atoms with Crippen molar-refractivity contribution in [2.24, 2.45) is 0 Å². The van der Waals surface area contributed by atoms with E-state index in [9.17, 15) is 5.11 Å². The summed E-state index contributed by atoms with van der Waals surface area (Å²) in [5.74, 6) is 0.328. The summed E-state index contributed by atoms with van der Waals surface area (Å²) in [7, 11) is 2.01. The molecule has 0 heterocycles. The van der Waals surface area contributed by atoms with Gasteiger partial charge in [0.1, 0.15) is 5.75 Å². The van der Waals surface area contributed by atoms with Crippen LogP contribution in [0.1, 0.15) is 17.5 Å². The second-order valence-corrected chi connectivity index (χ2v) is 4.88. The van der Waals surface area contributed by atoms with Crippen LogP contribution in [0.3, 0.4) is 0 Å². The fourth-order valence-corrected chi connectivity index (χ4v) is 2.25. The van der Waals surface area contributed by atoms with Crippen LogP contribution in [0.4, 0.5) is 0 Å². The highest BCUT2D eigenvalue weighted by molar-refractivity contribution is 5.26. The van der Waals surface area contributed by atoms with Crippen LogP contribution in [0.2, 0.25) is 0 Å². The van der Waals surface area contributed by atoms with Gasteiger partial charge in [0, 0.05) is 6.04 Å². The van der Waals surface area contributed by atoms with Crippen molar-refractivity contribution in [2.75, 3.05) is 7.05 Å². The van der Waals surface area contributed by atoms with Gasteiger partial charge in [-0.3, -0.25) is 0 Å². The van der Waals surface area contributed by atoms with Gasteiger partial charge in [-0.05, 0) is 49.6 Å². The van der Waals surface area contributed by atoms with Gasteiger partial charge < -0.3 is 10.4 Å². The number of likely N-dealkylation sites (N-methyl/N-ethyl adjacent to an activating group) is 1. The lowest BCUT2D eigenvalue weighted by atomic mass is 9.99. The Morgan fingerprint density at radius 2 is 1.63 bits per heavy atom. The molecule has 0 aliphatic heterocycles. The molecular weight excluding hydrogens is 234 g/mol. The van der Waals surface area contributed by atoms with Crippen LogP contribution >= 0.6 is 0 Å². The minimum atomic E-state index is 0.328. The Morgan fingerprint density at radius 3 is 2.26 bits per heavy atom. The molecule has 0 radical (unpaired) electrons. The van der Waals surface area contributed by atoms with E-state index in [4.69, 9.17) is 0 Å². The maximum Gasteiger partial charge on any atom is 0.115 e. The maximum absolute atomic E-state index is 9.28. The monoisotopic (exact) mass is 255 g/mol. The first-order valence-corrected chi connectivity index (χ1v) is 6.77. The van der Waals surface area contributed by atoms with Gasteiger partial charge in [0.15, 0.2) is 0 Å². The Kier molecular flexibility index (Phi) is 4.99. The summed E-state index contributed by atoms with van der Waals surface area (Å²) >= 11 is 0. The highest BCUT2D eigenvalue weighted by Gasteiger charge is 2.07. The Hall–Kier alpha value is -1.80. The maximum atomic E-state index is 9.28. The van der Waals surface area contributed by atoms with Crippen molar-refractivity contribution in [1.82, 2.24) is 5.32 Å². The van der Waals surface area contributed by atoms with Crippen LogP contribution in [0.15, 0.2) is 54.6 Å². The van der Waals surface area contributed by atoms with Gasteiger partial charge in [-0.15, -0.1) is 0 Å². The number of rotatable bonds is 6. The number of hydrogen-bond acceptors (Lipinski definition) is 2. The molecule has 0 aliphatic carbocycles. The van der Waals surface area contributed by atoms with E-state index in [1.54, 1.807) is 12.1 Å². The summed E-state index contributed by atoms with van der Waals surface area (Å²) < 4.78 is 0. The number of phenolic OH excluding ortho intramolecular Hbond substituents is 1. The zero-order chi connectivity index (χ0) is 13.5. The van der Waals surface area contributed by atoms with Gasteiger partial charge in [-0.25, -0.2) is 0 Å². The van der Waals surface area contributed by atoms with Gasteiger partial charge in [0.25, 0.3) is 0 Å². The van der Waals surface area contributed by atoms with Crippen molar-refractivity contribution in [3.63, 3.8) is 0 Å². The molecule has 1 unspecified atom stereocenters. The first-order chi connectivity index (χ1) is 9.28. The SMILES string of the molecule is CNC(CCc1ccccc1)Cc1ccc(O)cc1. The van der Waals surface area contributed by atoms with Crippen molar-refractivity contribution < 1.29 is 5.11 Å². The first-order valence-electron chi connectivity index (χ1n) is 6.77. The predicted molar refractivity (Wildman–Crippen MR) is 79.4 cm³/mol. The molecule has 0 fully saturated rings. The molecule has 0 saturated carbocycles. The highest BCUT2D eigenvalue weighted by Crippen LogP contribution is 2.13. The molecule has 0 saturated heterocycles. The normalized spacial score (nSPS) is 12.3. The number of aryl methyl sites for hydroxylation is 1.